The van der Waals surface area contributed by atoms with Crippen LogP contribution < -0.4 is 15.0 Å². The van der Waals surface area contributed by atoms with Gasteiger partial charge in [0.25, 0.3) is 5.91 Å². The van der Waals surface area contributed by atoms with Gasteiger partial charge in [-0.05, 0) is 68.5 Å². The molecule has 1 N–H and O–H groups in total. The molecule has 2 aromatic carbocycles. The van der Waals surface area contributed by atoms with Gasteiger partial charge in [0.05, 0.1) is 0 Å². The van der Waals surface area contributed by atoms with Crippen LogP contribution in [0, 0.1) is 13.8 Å². The van der Waals surface area contributed by atoms with Crippen molar-refractivity contribution in [3.8, 4) is 5.75 Å². The molecule has 2 aromatic rings. The molecule has 154 valence electrons. The molecule has 1 amide bonds. The van der Waals surface area contributed by atoms with Gasteiger partial charge in [-0.1, -0.05) is 18.2 Å². The molecule has 0 aromatic heterocycles. The van der Waals surface area contributed by atoms with E-state index in [-0.39, 0.29) is 19.1 Å². The van der Waals surface area contributed by atoms with Gasteiger partial charge in [-0.15, -0.1) is 0 Å². The first-order valence-corrected chi connectivity index (χ1v) is 10.0. The summed E-state index contributed by atoms with van der Waals surface area (Å²) < 4.78 is 10.6. The van der Waals surface area contributed by atoms with E-state index in [4.69, 9.17) is 9.47 Å². The number of benzene rings is 2. The zero-order valence-corrected chi connectivity index (χ0v) is 17.1. The van der Waals surface area contributed by atoms with E-state index in [1.54, 1.807) is 0 Å². The number of nitrogens with one attached hydrogen (secondary N) is 1. The minimum Gasteiger partial charge on any atom is -0.481 e. The lowest BCUT2D eigenvalue weighted by Gasteiger charge is -2.28. The Balaban J connectivity index is 1.41. The molecule has 0 bridgehead atoms. The molecule has 0 aliphatic carbocycles. The van der Waals surface area contributed by atoms with Crippen molar-refractivity contribution in [2.75, 3.05) is 36.5 Å². The first-order valence-electron chi connectivity index (χ1n) is 10.0. The van der Waals surface area contributed by atoms with E-state index in [1.165, 1.54) is 19.3 Å². The number of ether oxygens (including phenoxy) is 2. The van der Waals surface area contributed by atoms with Crippen LogP contribution in [0.4, 0.5) is 11.4 Å². The predicted octanol–water partition coefficient (Wildman–Crippen LogP) is 3.85. The molecule has 1 aliphatic rings. The highest BCUT2D eigenvalue weighted by atomic mass is 16.6. The molecular formula is C23H28N2O4. The molecule has 29 heavy (non-hydrogen) atoms. The number of hydrogen-bond donors (Lipinski definition) is 1. The smallest absolute Gasteiger partial charge is 0.344 e. The van der Waals surface area contributed by atoms with E-state index in [0.717, 1.165) is 29.9 Å². The van der Waals surface area contributed by atoms with Gasteiger partial charge >= 0.3 is 5.97 Å². The summed E-state index contributed by atoms with van der Waals surface area (Å²) in [4.78, 5) is 26.3. The van der Waals surface area contributed by atoms with Gasteiger partial charge in [0.1, 0.15) is 5.75 Å². The Bertz CT molecular complexity index is 822. The zero-order valence-electron chi connectivity index (χ0n) is 17.1. The quantitative estimate of drug-likeness (QED) is 0.720. The van der Waals surface area contributed by atoms with Crippen LogP contribution >= 0.6 is 0 Å². The normalized spacial score (nSPS) is 13.7. The highest BCUT2D eigenvalue weighted by molar-refractivity contribution is 5.93. The monoisotopic (exact) mass is 396 g/mol. The molecule has 1 heterocycles. The second kappa shape index (κ2) is 9.96. The fourth-order valence-electron chi connectivity index (χ4n) is 3.45. The molecule has 1 saturated heterocycles. The SMILES string of the molecule is Cc1cccc(C)c1OCC(=O)OCC(=O)Nc1ccc(N2CCCCC2)cc1. The zero-order chi connectivity index (χ0) is 20.6. The fraction of sp³-hybridized carbons (Fsp3) is 0.391. The lowest BCUT2D eigenvalue weighted by Crippen LogP contribution is -2.29. The largest absolute Gasteiger partial charge is 0.481 e. The lowest BCUT2D eigenvalue weighted by molar-refractivity contribution is -0.149. The van der Waals surface area contributed by atoms with Crippen molar-refractivity contribution in [2.45, 2.75) is 33.1 Å². The summed E-state index contributed by atoms with van der Waals surface area (Å²) in [5, 5.41) is 2.74. The van der Waals surface area contributed by atoms with Crippen molar-refractivity contribution in [1.29, 1.82) is 0 Å². The molecule has 6 heteroatoms. The number of para-hydroxylation sites is 1. The number of aryl methyl sites for hydroxylation is 2. The molecule has 6 nitrogen and oxygen atoms in total. The van der Waals surface area contributed by atoms with E-state index in [2.05, 4.69) is 10.2 Å². The first-order chi connectivity index (χ1) is 14.0. The molecule has 0 saturated carbocycles. The van der Waals surface area contributed by atoms with Gasteiger partial charge in [0.2, 0.25) is 0 Å². The maximum Gasteiger partial charge on any atom is 0.344 e. The summed E-state index contributed by atoms with van der Waals surface area (Å²) in [5.74, 6) is -0.290. The Kier molecular flexibility index (Phi) is 7.11. The second-order valence-corrected chi connectivity index (χ2v) is 7.31. The van der Waals surface area contributed by atoms with Crippen LogP contribution in [0.25, 0.3) is 0 Å². The van der Waals surface area contributed by atoms with Gasteiger partial charge in [-0.25, -0.2) is 4.79 Å². The van der Waals surface area contributed by atoms with Gasteiger partial charge in [-0.3, -0.25) is 4.79 Å². The molecule has 0 radical (unpaired) electrons. The van der Waals surface area contributed by atoms with Crippen molar-refractivity contribution in [1.82, 2.24) is 0 Å². The van der Waals surface area contributed by atoms with E-state index in [0.29, 0.717) is 11.4 Å². The number of amides is 1. The third-order valence-electron chi connectivity index (χ3n) is 4.98. The van der Waals surface area contributed by atoms with Gasteiger partial charge < -0.3 is 19.7 Å². The number of rotatable bonds is 7. The van der Waals surface area contributed by atoms with Crippen LogP contribution in [-0.4, -0.2) is 38.2 Å². The predicted molar refractivity (Wildman–Crippen MR) is 114 cm³/mol. The van der Waals surface area contributed by atoms with Crippen molar-refractivity contribution in [3.05, 3.63) is 53.6 Å². The summed E-state index contributed by atoms with van der Waals surface area (Å²) in [5.41, 5.74) is 3.74. The molecule has 0 spiro atoms. The van der Waals surface area contributed by atoms with Gasteiger partial charge in [0.15, 0.2) is 13.2 Å². The minimum atomic E-state index is -0.580. The number of carbonyl (C=O) groups is 2. The third kappa shape index (κ3) is 5.98. The summed E-state index contributed by atoms with van der Waals surface area (Å²) in [6.07, 6.45) is 3.73. The van der Waals surface area contributed by atoms with Crippen molar-refractivity contribution < 1.29 is 19.1 Å². The molecule has 0 unspecified atom stereocenters. The summed E-state index contributed by atoms with van der Waals surface area (Å²) in [6.45, 7) is 5.40. The molecule has 1 aliphatic heterocycles. The number of nitrogens with zero attached hydrogens (tertiary/aromatic N) is 1. The highest BCUT2D eigenvalue weighted by Gasteiger charge is 2.13. The van der Waals surface area contributed by atoms with E-state index < -0.39 is 5.97 Å². The lowest BCUT2D eigenvalue weighted by atomic mass is 10.1. The number of carbonyl (C=O) groups excluding carboxylic acids is 2. The molecule has 0 atom stereocenters. The van der Waals surface area contributed by atoms with Gasteiger partial charge in [-0.2, -0.15) is 0 Å². The van der Waals surface area contributed by atoms with E-state index in [1.807, 2.05) is 56.3 Å². The van der Waals surface area contributed by atoms with Gasteiger partial charge in [0, 0.05) is 24.5 Å². The minimum absolute atomic E-state index is 0.233. The van der Waals surface area contributed by atoms with Crippen LogP contribution in [0.3, 0.4) is 0 Å². The summed E-state index contributed by atoms with van der Waals surface area (Å²) >= 11 is 0. The fourth-order valence-corrected chi connectivity index (χ4v) is 3.45. The average Bonchev–Trinajstić information content (AvgIpc) is 2.73. The van der Waals surface area contributed by atoms with Crippen molar-refractivity contribution in [3.63, 3.8) is 0 Å². The first kappa shape index (κ1) is 20.7. The van der Waals surface area contributed by atoms with Crippen LogP contribution in [-0.2, 0) is 14.3 Å². The Morgan fingerprint density at radius 2 is 1.59 bits per heavy atom. The molecular weight excluding hydrogens is 368 g/mol. The molecule has 3 rings (SSSR count). The summed E-state index contributed by atoms with van der Waals surface area (Å²) in [6, 6.07) is 13.5. The third-order valence-corrected chi connectivity index (χ3v) is 4.98. The number of anilines is 2. The average molecular weight is 396 g/mol. The summed E-state index contributed by atoms with van der Waals surface area (Å²) in [7, 11) is 0. The Labute approximate surface area is 171 Å². The van der Waals surface area contributed by atoms with Crippen LogP contribution in [0.1, 0.15) is 30.4 Å². The Morgan fingerprint density at radius 1 is 0.931 bits per heavy atom. The number of piperidine rings is 1. The second-order valence-electron chi connectivity index (χ2n) is 7.31. The topological polar surface area (TPSA) is 67.9 Å². The standard InChI is InChI=1S/C23H28N2O4/c1-17-7-6-8-18(2)23(17)29-16-22(27)28-15-21(26)24-19-9-11-20(12-10-19)25-13-4-3-5-14-25/h6-12H,3-5,13-16H2,1-2H3,(H,24,26). The molecule has 1 fully saturated rings. The highest BCUT2D eigenvalue weighted by Crippen LogP contribution is 2.23. The number of esters is 1. The van der Waals surface area contributed by atoms with Crippen molar-refractivity contribution >= 4 is 23.3 Å². The maximum atomic E-state index is 12.0. The van der Waals surface area contributed by atoms with E-state index in [9.17, 15) is 9.59 Å². The Morgan fingerprint density at radius 3 is 2.24 bits per heavy atom. The van der Waals surface area contributed by atoms with Crippen LogP contribution in [0.15, 0.2) is 42.5 Å². The Hall–Kier alpha value is -3.02. The maximum absolute atomic E-state index is 12.0. The van der Waals surface area contributed by atoms with E-state index >= 15 is 0 Å². The van der Waals surface area contributed by atoms with Crippen LogP contribution in [0.5, 0.6) is 5.75 Å². The van der Waals surface area contributed by atoms with Crippen LogP contribution in [0.2, 0.25) is 0 Å². The number of hydrogen-bond acceptors (Lipinski definition) is 5. The van der Waals surface area contributed by atoms with Crippen molar-refractivity contribution in [2.24, 2.45) is 0 Å².